The number of hydrogen-bond donors (Lipinski definition) is 0. The highest BCUT2D eigenvalue weighted by Crippen LogP contribution is 2.11. The quantitative estimate of drug-likeness (QED) is 0.574. The minimum Gasteiger partial charge on any atom is -0.466 e. The molecule has 0 fully saturated rings. The highest BCUT2D eigenvalue weighted by atomic mass is 16.5. The summed E-state index contributed by atoms with van der Waals surface area (Å²) in [5.74, 6) is -0.912. The van der Waals surface area contributed by atoms with Crippen molar-refractivity contribution in [3.05, 3.63) is 41.5 Å². The molecule has 16 heavy (non-hydrogen) atoms. The van der Waals surface area contributed by atoms with Gasteiger partial charge in [-0.3, -0.25) is 0 Å². The van der Waals surface area contributed by atoms with Gasteiger partial charge in [-0.15, -0.1) is 0 Å². The minimum atomic E-state index is -0.473. The van der Waals surface area contributed by atoms with Crippen molar-refractivity contribution in [3.63, 3.8) is 0 Å². The molecule has 1 aromatic rings. The Morgan fingerprint density at radius 1 is 1.12 bits per heavy atom. The first kappa shape index (κ1) is 12.0. The Balaban J connectivity index is 3.00. The molecular formula is C12H12O4. The van der Waals surface area contributed by atoms with Crippen LogP contribution in [0.1, 0.15) is 15.9 Å². The highest BCUT2D eigenvalue weighted by Gasteiger charge is 2.08. The van der Waals surface area contributed by atoms with Crippen LogP contribution in [0.4, 0.5) is 0 Å². The summed E-state index contributed by atoms with van der Waals surface area (Å²) in [6.45, 7) is 0. The molecule has 1 rings (SSSR count). The summed E-state index contributed by atoms with van der Waals surface area (Å²) >= 11 is 0. The third-order valence-electron chi connectivity index (χ3n) is 1.97. The zero-order chi connectivity index (χ0) is 12.0. The maximum atomic E-state index is 11.4. The molecule has 0 amide bonds. The molecule has 4 heteroatoms. The van der Waals surface area contributed by atoms with Crippen molar-refractivity contribution in [1.29, 1.82) is 0 Å². The molecule has 0 aromatic heterocycles. The van der Waals surface area contributed by atoms with Gasteiger partial charge in [-0.1, -0.05) is 18.2 Å². The predicted octanol–water partition coefficient (Wildman–Crippen LogP) is 1.66. The van der Waals surface area contributed by atoms with Gasteiger partial charge in [0, 0.05) is 6.08 Å². The van der Waals surface area contributed by atoms with Crippen LogP contribution in [0.5, 0.6) is 0 Å². The van der Waals surface area contributed by atoms with E-state index in [0.29, 0.717) is 11.1 Å². The molecule has 1 aromatic carbocycles. The average Bonchev–Trinajstić information content (AvgIpc) is 2.35. The van der Waals surface area contributed by atoms with E-state index in [9.17, 15) is 9.59 Å². The van der Waals surface area contributed by atoms with E-state index in [1.54, 1.807) is 24.3 Å². The Morgan fingerprint density at radius 3 is 2.44 bits per heavy atom. The third-order valence-corrected chi connectivity index (χ3v) is 1.97. The fourth-order valence-corrected chi connectivity index (χ4v) is 1.16. The lowest BCUT2D eigenvalue weighted by atomic mass is 10.1. The first-order valence-corrected chi connectivity index (χ1v) is 4.62. The molecule has 0 N–H and O–H groups in total. The second-order valence-corrected chi connectivity index (χ2v) is 2.94. The van der Waals surface area contributed by atoms with Gasteiger partial charge in [0.05, 0.1) is 19.8 Å². The summed E-state index contributed by atoms with van der Waals surface area (Å²) in [7, 11) is 2.60. The minimum absolute atomic E-state index is 0.408. The Labute approximate surface area is 93.5 Å². The predicted molar refractivity (Wildman–Crippen MR) is 58.8 cm³/mol. The number of ether oxygens (including phenoxy) is 2. The van der Waals surface area contributed by atoms with E-state index in [4.69, 9.17) is 0 Å². The summed E-state index contributed by atoms with van der Waals surface area (Å²) in [6.07, 6.45) is 2.76. The SMILES string of the molecule is COC(=O)/C=C\c1ccccc1C(=O)OC. The molecule has 0 spiro atoms. The molecule has 0 heterocycles. The molecular weight excluding hydrogens is 208 g/mol. The molecule has 0 aliphatic heterocycles. The second kappa shape index (κ2) is 5.70. The van der Waals surface area contributed by atoms with Crippen molar-refractivity contribution in [2.24, 2.45) is 0 Å². The van der Waals surface area contributed by atoms with Gasteiger partial charge in [0.15, 0.2) is 0 Å². The van der Waals surface area contributed by atoms with E-state index in [1.165, 1.54) is 26.4 Å². The Hall–Kier alpha value is -2.10. The van der Waals surface area contributed by atoms with Crippen LogP contribution >= 0.6 is 0 Å². The highest BCUT2D eigenvalue weighted by molar-refractivity contribution is 5.95. The molecule has 0 saturated carbocycles. The Kier molecular flexibility index (Phi) is 4.27. The zero-order valence-electron chi connectivity index (χ0n) is 9.10. The lowest BCUT2D eigenvalue weighted by molar-refractivity contribution is -0.134. The van der Waals surface area contributed by atoms with Crippen LogP contribution in [0.3, 0.4) is 0 Å². The fourth-order valence-electron chi connectivity index (χ4n) is 1.16. The van der Waals surface area contributed by atoms with Crippen molar-refractivity contribution in [2.75, 3.05) is 14.2 Å². The van der Waals surface area contributed by atoms with E-state index in [-0.39, 0.29) is 0 Å². The average molecular weight is 220 g/mol. The summed E-state index contributed by atoms with van der Waals surface area (Å²) in [4.78, 5) is 22.3. The molecule has 0 bridgehead atoms. The van der Waals surface area contributed by atoms with Gasteiger partial charge in [0.2, 0.25) is 0 Å². The number of benzene rings is 1. The number of esters is 2. The van der Waals surface area contributed by atoms with Crippen molar-refractivity contribution in [1.82, 2.24) is 0 Å². The molecule has 4 nitrogen and oxygen atoms in total. The van der Waals surface area contributed by atoms with E-state index < -0.39 is 11.9 Å². The van der Waals surface area contributed by atoms with Gasteiger partial charge >= 0.3 is 11.9 Å². The molecule has 0 atom stereocenters. The van der Waals surface area contributed by atoms with Crippen molar-refractivity contribution in [2.45, 2.75) is 0 Å². The topological polar surface area (TPSA) is 52.6 Å². The van der Waals surface area contributed by atoms with Gasteiger partial charge in [-0.05, 0) is 17.7 Å². The maximum absolute atomic E-state index is 11.4. The lowest BCUT2D eigenvalue weighted by Crippen LogP contribution is -2.03. The van der Waals surface area contributed by atoms with Crippen LogP contribution in [0.2, 0.25) is 0 Å². The van der Waals surface area contributed by atoms with Crippen LogP contribution in [-0.2, 0) is 14.3 Å². The third kappa shape index (κ3) is 2.95. The van der Waals surface area contributed by atoms with Crippen LogP contribution in [0, 0.1) is 0 Å². The second-order valence-electron chi connectivity index (χ2n) is 2.94. The van der Waals surface area contributed by atoms with Crippen LogP contribution in [0.15, 0.2) is 30.3 Å². The van der Waals surface area contributed by atoms with Gasteiger partial charge in [-0.25, -0.2) is 9.59 Å². The standard InChI is InChI=1S/C12H12O4/c1-15-11(13)8-7-9-5-3-4-6-10(9)12(14)16-2/h3-8H,1-2H3/b8-7-. The van der Waals surface area contributed by atoms with Gasteiger partial charge in [-0.2, -0.15) is 0 Å². The number of hydrogen-bond acceptors (Lipinski definition) is 4. The van der Waals surface area contributed by atoms with Crippen LogP contribution in [0.25, 0.3) is 6.08 Å². The summed E-state index contributed by atoms with van der Waals surface area (Å²) in [5.41, 5.74) is 1.02. The van der Waals surface area contributed by atoms with Gasteiger partial charge in [0.1, 0.15) is 0 Å². The lowest BCUT2D eigenvalue weighted by Gasteiger charge is -2.02. The molecule has 0 unspecified atom stereocenters. The number of rotatable bonds is 3. The molecule has 0 saturated heterocycles. The van der Waals surface area contributed by atoms with Gasteiger partial charge in [0.25, 0.3) is 0 Å². The Bertz CT molecular complexity index is 421. The van der Waals surface area contributed by atoms with E-state index in [1.807, 2.05) is 0 Å². The van der Waals surface area contributed by atoms with Crippen LogP contribution in [-0.4, -0.2) is 26.2 Å². The molecule has 0 aliphatic rings. The largest absolute Gasteiger partial charge is 0.466 e. The summed E-state index contributed by atoms with van der Waals surface area (Å²) < 4.78 is 9.08. The maximum Gasteiger partial charge on any atom is 0.338 e. The number of methoxy groups -OCH3 is 2. The van der Waals surface area contributed by atoms with E-state index in [0.717, 1.165) is 0 Å². The smallest absolute Gasteiger partial charge is 0.338 e. The fraction of sp³-hybridized carbons (Fsp3) is 0.167. The zero-order valence-corrected chi connectivity index (χ0v) is 9.10. The van der Waals surface area contributed by atoms with Crippen LogP contribution < -0.4 is 0 Å². The Morgan fingerprint density at radius 2 is 1.81 bits per heavy atom. The van der Waals surface area contributed by atoms with Crippen molar-refractivity contribution < 1.29 is 19.1 Å². The first-order valence-electron chi connectivity index (χ1n) is 4.62. The van der Waals surface area contributed by atoms with Crippen molar-refractivity contribution >= 4 is 18.0 Å². The van der Waals surface area contributed by atoms with Gasteiger partial charge < -0.3 is 9.47 Å². The summed E-state index contributed by atoms with van der Waals surface area (Å²) in [5, 5.41) is 0. The van der Waals surface area contributed by atoms with E-state index in [2.05, 4.69) is 9.47 Å². The molecule has 84 valence electrons. The first-order chi connectivity index (χ1) is 7.69. The molecule has 0 aliphatic carbocycles. The monoisotopic (exact) mass is 220 g/mol. The number of carbonyl (C=O) groups is 2. The van der Waals surface area contributed by atoms with Crippen molar-refractivity contribution in [3.8, 4) is 0 Å². The molecule has 0 radical (unpaired) electrons. The normalized spacial score (nSPS) is 10.1. The number of carbonyl (C=O) groups excluding carboxylic acids is 2. The van der Waals surface area contributed by atoms with E-state index >= 15 is 0 Å². The summed E-state index contributed by atoms with van der Waals surface area (Å²) in [6, 6.07) is 6.83.